The van der Waals surface area contributed by atoms with Crippen molar-refractivity contribution in [1.29, 1.82) is 0 Å². The smallest absolute Gasteiger partial charge is 0.326 e. The molecule has 0 saturated heterocycles. The molecular weight excluding hydrogens is 887 g/mol. The molecule has 0 aliphatic rings. The number of rotatable bonds is 35. The van der Waals surface area contributed by atoms with Crippen LogP contribution < -0.4 is 21.3 Å². The number of hydrogen-bond donors (Lipinski definition) is 12. The second kappa shape index (κ2) is 30.2. The third kappa shape index (κ3) is 24.7. The molecule has 2 atom stereocenters. The summed E-state index contributed by atoms with van der Waals surface area (Å²) in [6.45, 7) is -0.415. The van der Waals surface area contributed by atoms with E-state index >= 15 is 0 Å². The number of amides is 4. The summed E-state index contributed by atoms with van der Waals surface area (Å²) >= 11 is 0. The zero-order valence-electron chi connectivity index (χ0n) is 37.0. The Bertz CT molecular complexity index is 2020. The summed E-state index contributed by atoms with van der Waals surface area (Å²) in [5.74, 6) is -8.24. The Morgan fingerprint density at radius 3 is 1.69 bits per heavy atom. The first-order valence-electron chi connectivity index (χ1n) is 21.6. The van der Waals surface area contributed by atoms with Crippen molar-refractivity contribution in [3.05, 3.63) is 52.8 Å². The minimum absolute atomic E-state index is 0.0107. The van der Waals surface area contributed by atoms with E-state index in [9.17, 15) is 68.7 Å². The molecule has 0 aliphatic heterocycles. The number of urea groups is 1. The van der Waals surface area contributed by atoms with E-state index in [1.165, 1.54) is 28.0 Å². The SMILES string of the molecule is O=C(O)CCc1ccc(O)c(CN(CCN(CC(=O)O)Cc2nc(CCC(=O)NCCCCCC(=O)NCCCC[C@H](NC(=O)N[C@@H](CCC(=O)O)C(=O)O)C(=O)O)ccc2O)CC(=O)O)c1. The lowest BCUT2D eigenvalue weighted by Gasteiger charge is -2.26. The van der Waals surface area contributed by atoms with Gasteiger partial charge in [-0.05, 0) is 75.1 Å². The highest BCUT2D eigenvalue weighted by atomic mass is 16.4. The monoisotopic (exact) mass is 947 g/mol. The number of hydrogen-bond acceptors (Lipinski definition) is 14. The standard InChI is InChI=1S/C43H61N7O17/c51-33-13-8-27(9-16-37(55)56)22-28(33)23-49(25-39(59)60)20-21-50(26-40(61)62)24-32-34(52)14-10-29(46-32)11-15-36(54)45-18-4-1-2-7-35(53)44-19-5-3-6-30(41(63)64)47-43(67)48-31(42(65)66)12-17-38(57)58/h8,10,13-14,22,30-31,51-52H,1-7,9,11-12,15-21,23-26H2,(H,44,53)(H,45,54)(H,55,56)(H,57,58)(H,59,60)(H,61,62)(H,63,64)(H,65,66)(H2,47,48,67)/t30-,31-/m0/s1. The van der Waals surface area contributed by atoms with E-state index in [2.05, 4.69) is 26.3 Å². The molecule has 0 radical (unpaired) electrons. The highest BCUT2D eigenvalue weighted by Gasteiger charge is 2.25. The number of phenols is 1. The van der Waals surface area contributed by atoms with Gasteiger partial charge < -0.3 is 62.1 Å². The van der Waals surface area contributed by atoms with Crippen molar-refractivity contribution in [3.8, 4) is 11.5 Å². The van der Waals surface area contributed by atoms with E-state index in [1.807, 2.05) is 0 Å². The number of carbonyl (C=O) groups is 9. The maximum absolute atomic E-state index is 12.6. The summed E-state index contributed by atoms with van der Waals surface area (Å²) < 4.78 is 0. The third-order valence-electron chi connectivity index (χ3n) is 10.1. The minimum Gasteiger partial charge on any atom is -0.508 e. The Balaban J connectivity index is 1.75. The summed E-state index contributed by atoms with van der Waals surface area (Å²) in [4.78, 5) is 112. The predicted molar refractivity (Wildman–Crippen MR) is 234 cm³/mol. The average molecular weight is 948 g/mol. The number of phenolic OH excluding ortho intramolecular Hbond substituents is 1. The first-order valence-corrected chi connectivity index (χ1v) is 21.6. The van der Waals surface area contributed by atoms with Crippen LogP contribution in [0.4, 0.5) is 4.79 Å². The van der Waals surface area contributed by atoms with Crippen LogP contribution in [0.25, 0.3) is 0 Å². The molecule has 4 amide bonds. The number of carboxylic acids is 6. The molecule has 24 heteroatoms. The topological polar surface area (TPSA) is 383 Å². The van der Waals surface area contributed by atoms with Crippen LogP contribution in [-0.2, 0) is 64.3 Å². The minimum atomic E-state index is -1.52. The van der Waals surface area contributed by atoms with Gasteiger partial charge in [0.15, 0.2) is 0 Å². The molecule has 2 aromatic rings. The number of carbonyl (C=O) groups excluding carboxylic acids is 3. The van der Waals surface area contributed by atoms with Crippen LogP contribution in [0.15, 0.2) is 30.3 Å². The van der Waals surface area contributed by atoms with E-state index < -0.39 is 79.9 Å². The maximum Gasteiger partial charge on any atom is 0.326 e. The molecular formula is C43H61N7O17. The van der Waals surface area contributed by atoms with Crippen molar-refractivity contribution < 1.29 is 84.0 Å². The Labute approximate surface area is 385 Å². The maximum atomic E-state index is 12.6. The van der Waals surface area contributed by atoms with Crippen LogP contribution in [0.2, 0.25) is 0 Å². The second-order valence-electron chi connectivity index (χ2n) is 15.7. The molecule has 0 spiro atoms. The highest BCUT2D eigenvalue weighted by Crippen LogP contribution is 2.22. The van der Waals surface area contributed by atoms with Gasteiger partial charge in [-0.2, -0.15) is 0 Å². The first kappa shape index (κ1) is 56.1. The van der Waals surface area contributed by atoms with Gasteiger partial charge in [-0.1, -0.05) is 18.6 Å². The summed E-state index contributed by atoms with van der Waals surface area (Å²) in [5, 5.41) is 86.2. The quantitative estimate of drug-likeness (QED) is 0.0428. The molecule has 1 aromatic carbocycles. The molecule has 0 bridgehead atoms. The lowest BCUT2D eigenvalue weighted by Crippen LogP contribution is -2.51. The Morgan fingerprint density at radius 2 is 1.10 bits per heavy atom. The lowest BCUT2D eigenvalue weighted by atomic mass is 10.0. The fraction of sp³-hybridized carbons (Fsp3) is 0.535. The number of benzene rings is 1. The molecule has 370 valence electrons. The van der Waals surface area contributed by atoms with Gasteiger partial charge in [0.25, 0.3) is 0 Å². The number of aromatic nitrogens is 1. The molecule has 0 fully saturated rings. The van der Waals surface area contributed by atoms with Crippen molar-refractivity contribution in [2.45, 2.75) is 109 Å². The third-order valence-corrected chi connectivity index (χ3v) is 10.1. The van der Waals surface area contributed by atoms with Gasteiger partial charge in [0.05, 0.1) is 18.8 Å². The van der Waals surface area contributed by atoms with Gasteiger partial charge in [-0.3, -0.25) is 43.6 Å². The number of nitrogens with one attached hydrogen (secondary N) is 4. The van der Waals surface area contributed by atoms with Crippen LogP contribution in [0.1, 0.15) is 93.1 Å². The number of nitrogens with zero attached hydrogens (tertiary/aromatic N) is 3. The Morgan fingerprint density at radius 1 is 0.552 bits per heavy atom. The van der Waals surface area contributed by atoms with E-state index in [-0.39, 0.29) is 100 Å². The Hall–Kier alpha value is -7.08. The van der Waals surface area contributed by atoms with E-state index in [0.717, 1.165) is 0 Å². The number of aromatic hydroxyl groups is 2. The van der Waals surface area contributed by atoms with Crippen LogP contribution in [0.5, 0.6) is 11.5 Å². The van der Waals surface area contributed by atoms with Crippen LogP contribution in [0.3, 0.4) is 0 Å². The van der Waals surface area contributed by atoms with Gasteiger partial charge >= 0.3 is 41.8 Å². The number of aliphatic carboxylic acids is 6. The number of carboxylic acid groups (broad SMARTS) is 6. The van der Waals surface area contributed by atoms with E-state index in [4.69, 9.17) is 15.3 Å². The molecule has 67 heavy (non-hydrogen) atoms. The summed E-state index contributed by atoms with van der Waals surface area (Å²) in [6, 6.07) is 3.54. The molecule has 0 saturated carbocycles. The molecule has 1 heterocycles. The predicted octanol–water partition coefficient (Wildman–Crippen LogP) is 0.950. The molecule has 12 N–H and O–H groups in total. The fourth-order valence-corrected chi connectivity index (χ4v) is 6.59. The molecule has 1 aromatic heterocycles. The van der Waals surface area contributed by atoms with Gasteiger partial charge in [-0.25, -0.2) is 14.4 Å². The summed E-state index contributed by atoms with van der Waals surface area (Å²) in [5.41, 5.74) is 1.60. The number of aryl methyl sites for hydroxylation is 2. The van der Waals surface area contributed by atoms with Crippen LogP contribution in [-0.4, -0.2) is 161 Å². The van der Waals surface area contributed by atoms with Crippen molar-refractivity contribution in [2.75, 3.05) is 39.3 Å². The summed E-state index contributed by atoms with van der Waals surface area (Å²) in [7, 11) is 0. The van der Waals surface area contributed by atoms with Crippen molar-refractivity contribution in [1.82, 2.24) is 36.1 Å². The number of pyridine rings is 1. The van der Waals surface area contributed by atoms with Crippen LogP contribution >= 0.6 is 0 Å². The van der Waals surface area contributed by atoms with Crippen molar-refractivity contribution >= 4 is 53.7 Å². The lowest BCUT2D eigenvalue weighted by molar-refractivity contribution is -0.141. The van der Waals surface area contributed by atoms with Crippen molar-refractivity contribution in [3.63, 3.8) is 0 Å². The zero-order chi connectivity index (χ0) is 49.9. The van der Waals surface area contributed by atoms with Gasteiger partial charge in [0.2, 0.25) is 11.8 Å². The largest absolute Gasteiger partial charge is 0.508 e. The molecule has 24 nitrogen and oxygen atoms in total. The van der Waals surface area contributed by atoms with E-state index in [0.29, 0.717) is 55.5 Å². The summed E-state index contributed by atoms with van der Waals surface area (Å²) in [6.07, 6.45) is 2.08. The first-order chi connectivity index (χ1) is 31.7. The second-order valence-corrected chi connectivity index (χ2v) is 15.7. The van der Waals surface area contributed by atoms with Crippen LogP contribution in [0, 0.1) is 0 Å². The molecule has 0 unspecified atom stereocenters. The fourth-order valence-electron chi connectivity index (χ4n) is 6.59. The highest BCUT2D eigenvalue weighted by molar-refractivity contribution is 5.86. The van der Waals surface area contributed by atoms with Crippen molar-refractivity contribution in [2.24, 2.45) is 0 Å². The van der Waals surface area contributed by atoms with Gasteiger partial charge in [-0.15, -0.1) is 0 Å². The van der Waals surface area contributed by atoms with Gasteiger partial charge in [0, 0.05) is 76.2 Å². The zero-order valence-corrected chi connectivity index (χ0v) is 37.0. The normalized spacial score (nSPS) is 11.9. The average Bonchev–Trinajstić information content (AvgIpc) is 3.24. The van der Waals surface area contributed by atoms with E-state index in [1.54, 1.807) is 12.1 Å². The number of unbranched alkanes of at least 4 members (excludes halogenated alkanes) is 3. The Kier molecular flexibility index (Phi) is 25.3. The molecule has 2 rings (SSSR count). The van der Waals surface area contributed by atoms with Gasteiger partial charge in [0.1, 0.15) is 23.6 Å². The molecule has 0 aliphatic carbocycles.